The summed E-state index contributed by atoms with van der Waals surface area (Å²) in [5, 5.41) is 9.10. The van der Waals surface area contributed by atoms with Crippen LogP contribution in [0.3, 0.4) is 0 Å². The Labute approximate surface area is 187 Å². The normalized spacial score (nSPS) is 23.2. The molecular weight excluding hydrogens is 438 g/mol. The van der Waals surface area contributed by atoms with Crippen molar-refractivity contribution < 1.29 is 23.1 Å². The first-order chi connectivity index (χ1) is 14.6. The van der Waals surface area contributed by atoms with Crippen LogP contribution >= 0.6 is 11.8 Å². The molecule has 1 amide bonds. The lowest BCUT2D eigenvalue weighted by Crippen LogP contribution is -2.38. The molecule has 10 heteroatoms. The van der Waals surface area contributed by atoms with Crippen molar-refractivity contribution in [3.8, 4) is 0 Å². The summed E-state index contributed by atoms with van der Waals surface area (Å²) in [6.45, 7) is 7.94. The van der Waals surface area contributed by atoms with E-state index in [0.717, 1.165) is 30.0 Å². The lowest BCUT2D eigenvalue weighted by Gasteiger charge is -2.28. The van der Waals surface area contributed by atoms with Gasteiger partial charge in [0, 0.05) is 42.6 Å². The zero-order valence-electron chi connectivity index (χ0n) is 18.1. The number of aliphatic imine (C=N–C) groups is 1. The van der Waals surface area contributed by atoms with Gasteiger partial charge in [0.25, 0.3) is 0 Å². The number of benzene rings is 1. The first kappa shape index (κ1) is 23.6. The van der Waals surface area contributed by atoms with Crippen molar-refractivity contribution in [3.05, 3.63) is 23.8 Å². The summed E-state index contributed by atoms with van der Waals surface area (Å²) < 4.78 is 24.5. The standard InChI is InChI=1S/C21H29N3O5S2/c1-4-23(5-2)15-9-10-16(14(3)11-15)24-17-12-31(28,29)13-18(17)30-21(24)22-19(25)7-6-8-20(26)27/h9-11,17-18H,4-8,12-13H2,1-3H3,(H,26,27)/t17-,18-/m0/s1. The van der Waals surface area contributed by atoms with Crippen molar-refractivity contribution in [1.82, 2.24) is 0 Å². The van der Waals surface area contributed by atoms with Gasteiger partial charge in [-0.15, -0.1) is 0 Å². The number of amidine groups is 1. The number of hydrogen-bond donors (Lipinski definition) is 1. The molecule has 0 radical (unpaired) electrons. The highest BCUT2D eigenvalue weighted by Crippen LogP contribution is 2.42. The number of carbonyl (C=O) groups is 2. The summed E-state index contributed by atoms with van der Waals surface area (Å²) in [5.74, 6) is -1.22. The number of carbonyl (C=O) groups excluding carboxylic acids is 1. The predicted molar refractivity (Wildman–Crippen MR) is 125 cm³/mol. The van der Waals surface area contributed by atoms with E-state index < -0.39 is 15.8 Å². The minimum atomic E-state index is -3.14. The van der Waals surface area contributed by atoms with Crippen LogP contribution in [0.15, 0.2) is 23.2 Å². The van der Waals surface area contributed by atoms with Gasteiger partial charge in [-0.05, 0) is 51.0 Å². The zero-order chi connectivity index (χ0) is 22.8. The minimum absolute atomic E-state index is 0.0358. The molecule has 3 rings (SSSR count). The molecule has 8 nitrogen and oxygen atoms in total. The second kappa shape index (κ2) is 9.60. The van der Waals surface area contributed by atoms with E-state index in [1.807, 2.05) is 24.0 Å². The van der Waals surface area contributed by atoms with E-state index >= 15 is 0 Å². The minimum Gasteiger partial charge on any atom is -0.481 e. The quantitative estimate of drug-likeness (QED) is 0.622. The number of amides is 1. The van der Waals surface area contributed by atoms with Gasteiger partial charge in [0.2, 0.25) is 5.91 Å². The monoisotopic (exact) mass is 467 g/mol. The van der Waals surface area contributed by atoms with Crippen molar-refractivity contribution in [2.45, 2.75) is 51.3 Å². The fraction of sp³-hybridized carbons (Fsp3) is 0.571. The van der Waals surface area contributed by atoms with Crippen LogP contribution in [0, 0.1) is 6.92 Å². The average Bonchev–Trinajstić information content (AvgIpc) is 3.13. The van der Waals surface area contributed by atoms with E-state index in [2.05, 4.69) is 29.8 Å². The van der Waals surface area contributed by atoms with E-state index in [9.17, 15) is 18.0 Å². The summed E-state index contributed by atoms with van der Waals surface area (Å²) in [6.07, 6.45) is 0.203. The Hall–Kier alpha value is -2.07. The highest BCUT2D eigenvalue weighted by molar-refractivity contribution is 8.16. The van der Waals surface area contributed by atoms with E-state index in [0.29, 0.717) is 5.17 Å². The molecule has 0 aromatic heterocycles. The third kappa shape index (κ3) is 5.41. The maximum absolute atomic E-state index is 12.4. The van der Waals surface area contributed by atoms with Gasteiger partial charge in [0.1, 0.15) is 0 Å². The molecule has 2 fully saturated rings. The largest absolute Gasteiger partial charge is 0.481 e. The van der Waals surface area contributed by atoms with E-state index in [1.165, 1.54) is 11.8 Å². The number of rotatable bonds is 8. The van der Waals surface area contributed by atoms with Crippen molar-refractivity contribution in [1.29, 1.82) is 0 Å². The molecular formula is C21H29N3O5S2. The first-order valence-corrected chi connectivity index (χ1v) is 13.2. The number of anilines is 2. The van der Waals surface area contributed by atoms with Gasteiger partial charge in [-0.3, -0.25) is 9.59 Å². The Morgan fingerprint density at radius 2 is 1.94 bits per heavy atom. The van der Waals surface area contributed by atoms with Gasteiger partial charge in [-0.25, -0.2) is 8.42 Å². The number of carboxylic acid groups (broad SMARTS) is 1. The van der Waals surface area contributed by atoms with Crippen LogP contribution in [0.5, 0.6) is 0 Å². The zero-order valence-corrected chi connectivity index (χ0v) is 19.7. The Morgan fingerprint density at radius 3 is 2.55 bits per heavy atom. The number of sulfone groups is 1. The summed E-state index contributed by atoms with van der Waals surface area (Å²) in [7, 11) is -3.14. The number of fused-ring (bicyclic) bond motifs is 1. The molecule has 0 unspecified atom stereocenters. The first-order valence-electron chi connectivity index (χ1n) is 10.5. The molecule has 2 heterocycles. The van der Waals surface area contributed by atoms with Crippen molar-refractivity contribution in [3.63, 3.8) is 0 Å². The third-order valence-corrected chi connectivity index (χ3v) is 8.85. The summed E-state index contributed by atoms with van der Waals surface area (Å²) >= 11 is 1.33. The SMILES string of the molecule is CCN(CC)c1ccc(N2C(=NC(=O)CCCC(=O)O)S[C@H]3CS(=O)(=O)C[C@@H]32)c(C)c1. The molecule has 2 aliphatic heterocycles. The van der Waals surface area contributed by atoms with Crippen LogP contribution < -0.4 is 9.80 Å². The molecule has 2 aliphatic rings. The van der Waals surface area contributed by atoms with Crippen molar-refractivity contribution in [2.75, 3.05) is 34.4 Å². The molecule has 0 bridgehead atoms. The fourth-order valence-corrected chi connectivity index (χ4v) is 8.02. The van der Waals surface area contributed by atoms with Gasteiger partial charge in [-0.1, -0.05) is 11.8 Å². The second-order valence-corrected chi connectivity index (χ2v) is 11.2. The molecule has 1 N–H and O–H groups in total. The number of aliphatic carboxylic acids is 1. The lowest BCUT2D eigenvalue weighted by molar-refractivity contribution is -0.137. The molecule has 2 saturated heterocycles. The molecule has 2 atom stereocenters. The fourth-order valence-electron chi connectivity index (χ4n) is 4.09. The van der Waals surface area contributed by atoms with E-state index in [4.69, 9.17) is 5.11 Å². The smallest absolute Gasteiger partial charge is 0.303 e. The highest BCUT2D eigenvalue weighted by Gasteiger charge is 2.49. The topological polar surface area (TPSA) is 107 Å². The average molecular weight is 468 g/mol. The van der Waals surface area contributed by atoms with Crippen LogP contribution in [0.4, 0.5) is 11.4 Å². The predicted octanol–water partition coefficient (Wildman–Crippen LogP) is 2.70. The van der Waals surface area contributed by atoms with Crippen LogP contribution in [-0.2, 0) is 19.4 Å². The summed E-state index contributed by atoms with van der Waals surface area (Å²) in [6, 6.07) is 5.80. The van der Waals surface area contributed by atoms with E-state index in [1.54, 1.807) is 0 Å². The Morgan fingerprint density at radius 1 is 1.23 bits per heavy atom. The van der Waals surface area contributed by atoms with Crippen LogP contribution in [-0.4, -0.2) is 66.5 Å². The van der Waals surface area contributed by atoms with Gasteiger partial charge in [0.05, 0.1) is 17.5 Å². The van der Waals surface area contributed by atoms with E-state index in [-0.39, 0.29) is 48.0 Å². The van der Waals surface area contributed by atoms with Crippen molar-refractivity contribution >= 4 is 50.0 Å². The van der Waals surface area contributed by atoms with Crippen LogP contribution in [0.25, 0.3) is 0 Å². The lowest BCUT2D eigenvalue weighted by atomic mass is 10.1. The third-order valence-electron chi connectivity index (χ3n) is 5.64. The maximum atomic E-state index is 12.4. The Balaban J connectivity index is 1.92. The molecule has 0 aliphatic carbocycles. The molecule has 1 aromatic rings. The van der Waals surface area contributed by atoms with Crippen molar-refractivity contribution in [2.24, 2.45) is 4.99 Å². The summed E-state index contributed by atoms with van der Waals surface area (Å²) in [5.41, 5.74) is 2.93. The number of carboxylic acids is 1. The molecule has 0 saturated carbocycles. The highest BCUT2D eigenvalue weighted by atomic mass is 32.2. The Bertz CT molecular complexity index is 989. The molecule has 170 valence electrons. The summed E-state index contributed by atoms with van der Waals surface area (Å²) in [4.78, 5) is 31.5. The van der Waals surface area contributed by atoms with Gasteiger partial charge in [0.15, 0.2) is 15.0 Å². The van der Waals surface area contributed by atoms with Gasteiger partial charge >= 0.3 is 5.97 Å². The molecule has 1 aromatic carbocycles. The molecule has 31 heavy (non-hydrogen) atoms. The number of thioether (sulfide) groups is 1. The number of aryl methyl sites for hydroxylation is 1. The molecule has 0 spiro atoms. The van der Waals surface area contributed by atoms with Crippen LogP contribution in [0.2, 0.25) is 0 Å². The maximum Gasteiger partial charge on any atom is 0.303 e. The van der Waals surface area contributed by atoms with Gasteiger partial charge < -0.3 is 14.9 Å². The Kier molecular flexibility index (Phi) is 7.31. The van der Waals surface area contributed by atoms with Crippen LogP contribution in [0.1, 0.15) is 38.7 Å². The van der Waals surface area contributed by atoms with Gasteiger partial charge in [-0.2, -0.15) is 4.99 Å². The number of hydrogen-bond acceptors (Lipinski definition) is 6. The number of nitrogens with zero attached hydrogens (tertiary/aromatic N) is 3. The second-order valence-electron chi connectivity index (χ2n) is 7.85.